The van der Waals surface area contributed by atoms with Crippen LogP contribution in [0.2, 0.25) is 5.02 Å². The van der Waals surface area contributed by atoms with Crippen molar-refractivity contribution in [3.8, 4) is 22.3 Å². The minimum absolute atomic E-state index is 0.259. The van der Waals surface area contributed by atoms with Crippen molar-refractivity contribution in [2.75, 3.05) is 6.26 Å². The first kappa shape index (κ1) is 17.3. The smallest absolute Gasteiger partial charge is 0.235 e. The van der Waals surface area contributed by atoms with Gasteiger partial charge in [-0.05, 0) is 41.0 Å². The average molecular weight is 375 g/mol. The molecule has 0 aliphatic carbocycles. The highest BCUT2D eigenvalue weighted by Gasteiger charge is 2.12. The number of rotatable bonds is 3. The summed E-state index contributed by atoms with van der Waals surface area (Å²) in [7, 11) is -3.25. The normalized spacial score (nSPS) is 12.3. The largest absolute Gasteiger partial charge is 0.445 e. The highest BCUT2D eigenvalue weighted by molar-refractivity contribution is 7.90. The standard InChI is InChI=1S/C18H15ClN2O3S/c1-25(22,23)15-8-4-13(5-9-15)17-11-24-18(21-20)10-16(17)12-2-6-14(19)7-3-12/h2-11H,20H2,1H3. The summed E-state index contributed by atoms with van der Waals surface area (Å²) in [5.41, 5.74) is 3.63. The Morgan fingerprint density at radius 3 is 2.08 bits per heavy atom. The zero-order valence-corrected chi connectivity index (χ0v) is 14.9. The van der Waals surface area contributed by atoms with Crippen molar-refractivity contribution in [3.05, 3.63) is 71.4 Å². The van der Waals surface area contributed by atoms with Crippen LogP contribution in [0.3, 0.4) is 0 Å². The zero-order valence-electron chi connectivity index (χ0n) is 13.3. The second-order valence-electron chi connectivity index (χ2n) is 5.48. The molecule has 2 aromatic carbocycles. The molecule has 0 aliphatic rings. The van der Waals surface area contributed by atoms with Crippen molar-refractivity contribution in [1.29, 1.82) is 0 Å². The van der Waals surface area contributed by atoms with E-state index in [-0.39, 0.29) is 10.4 Å². The van der Waals surface area contributed by atoms with E-state index < -0.39 is 9.84 Å². The monoisotopic (exact) mass is 374 g/mol. The van der Waals surface area contributed by atoms with Crippen LogP contribution in [-0.2, 0) is 9.84 Å². The molecule has 5 nitrogen and oxygen atoms in total. The Kier molecular flexibility index (Phi) is 4.65. The van der Waals surface area contributed by atoms with Gasteiger partial charge in [-0.2, -0.15) is 0 Å². The number of halogens is 1. The van der Waals surface area contributed by atoms with E-state index in [2.05, 4.69) is 5.10 Å². The van der Waals surface area contributed by atoms with Crippen molar-refractivity contribution in [2.45, 2.75) is 4.90 Å². The highest BCUT2D eigenvalue weighted by Crippen LogP contribution is 2.32. The Morgan fingerprint density at radius 2 is 1.52 bits per heavy atom. The SMILES string of the molecule is CS(=O)(=O)c1ccc(-c2coc(=NN)cc2-c2ccc(Cl)cc2)cc1. The molecule has 0 radical (unpaired) electrons. The van der Waals surface area contributed by atoms with Crippen molar-refractivity contribution >= 4 is 21.4 Å². The molecule has 3 aromatic rings. The highest BCUT2D eigenvalue weighted by atomic mass is 35.5. The van der Waals surface area contributed by atoms with Gasteiger partial charge in [0.15, 0.2) is 9.84 Å². The quantitative estimate of drug-likeness (QED) is 0.562. The molecule has 0 spiro atoms. The minimum Gasteiger partial charge on any atom is -0.445 e. The van der Waals surface area contributed by atoms with Crippen molar-refractivity contribution < 1.29 is 12.8 Å². The van der Waals surface area contributed by atoms with Crippen LogP contribution in [0.5, 0.6) is 0 Å². The number of sulfone groups is 1. The van der Waals surface area contributed by atoms with Gasteiger partial charge in [0.25, 0.3) is 0 Å². The molecular weight excluding hydrogens is 360 g/mol. The fourth-order valence-corrected chi connectivity index (χ4v) is 3.22. The third-order valence-electron chi connectivity index (χ3n) is 3.73. The first-order valence-electron chi connectivity index (χ1n) is 7.32. The molecule has 3 rings (SSSR count). The Hall–Kier alpha value is -2.57. The zero-order chi connectivity index (χ0) is 18.0. The number of nitrogens with zero attached hydrogens (tertiary/aromatic N) is 1. The molecule has 0 atom stereocenters. The van der Waals surface area contributed by atoms with Crippen LogP contribution >= 0.6 is 11.6 Å². The number of hydrogen-bond acceptors (Lipinski definition) is 5. The molecule has 0 saturated heterocycles. The van der Waals surface area contributed by atoms with Gasteiger partial charge in [0, 0.05) is 22.9 Å². The van der Waals surface area contributed by atoms with Gasteiger partial charge in [-0.3, -0.25) is 0 Å². The average Bonchev–Trinajstić information content (AvgIpc) is 2.61. The third-order valence-corrected chi connectivity index (χ3v) is 5.11. The summed E-state index contributed by atoms with van der Waals surface area (Å²) in [4.78, 5) is 0.259. The number of benzene rings is 2. The molecule has 128 valence electrons. The van der Waals surface area contributed by atoms with Crippen LogP contribution in [0.4, 0.5) is 0 Å². The summed E-state index contributed by atoms with van der Waals surface area (Å²) in [6, 6.07) is 15.7. The molecule has 1 heterocycles. The molecule has 0 saturated carbocycles. The Morgan fingerprint density at radius 1 is 0.960 bits per heavy atom. The predicted octanol–water partition coefficient (Wildman–Crippen LogP) is 3.44. The van der Waals surface area contributed by atoms with Gasteiger partial charge in [-0.1, -0.05) is 35.9 Å². The molecule has 1 aromatic heterocycles. The fourth-order valence-electron chi connectivity index (χ4n) is 2.46. The molecule has 0 bridgehead atoms. The van der Waals surface area contributed by atoms with Crippen molar-refractivity contribution in [2.24, 2.45) is 10.9 Å². The van der Waals surface area contributed by atoms with Crippen LogP contribution < -0.4 is 11.4 Å². The third kappa shape index (κ3) is 3.75. The topological polar surface area (TPSA) is 85.7 Å². The number of hydrogen-bond donors (Lipinski definition) is 1. The molecule has 0 fully saturated rings. The van der Waals surface area contributed by atoms with E-state index in [0.717, 1.165) is 22.3 Å². The Labute approximate surface area is 150 Å². The van der Waals surface area contributed by atoms with Gasteiger partial charge in [0.05, 0.1) is 4.90 Å². The van der Waals surface area contributed by atoms with E-state index in [0.29, 0.717) is 5.02 Å². The lowest BCUT2D eigenvalue weighted by Crippen LogP contribution is -2.05. The van der Waals surface area contributed by atoms with Gasteiger partial charge in [0.1, 0.15) is 6.26 Å². The maximum Gasteiger partial charge on any atom is 0.235 e. The fraction of sp³-hybridized carbons (Fsp3) is 0.0556. The molecular formula is C18H15ClN2O3S. The summed E-state index contributed by atoms with van der Waals surface area (Å²) in [6.45, 7) is 0. The minimum atomic E-state index is -3.25. The maximum atomic E-state index is 11.6. The molecule has 7 heteroatoms. The van der Waals surface area contributed by atoms with Gasteiger partial charge in [-0.15, -0.1) is 5.10 Å². The summed E-state index contributed by atoms with van der Waals surface area (Å²) in [5, 5.41) is 4.22. The van der Waals surface area contributed by atoms with E-state index in [4.69, 9.17) is 21.9 Å². The van der Waals surface area contributed by atoms with E-state index in [9.17, 15) is 8.42 Å². The van der Waals surface area contributed by atoms with Crippen LogP contribution in [-0.4, -0.2) is 14.7 Å². The van der Waals surface area contributed by atoms with Crippen LogP contribution in [0.1, 0.15) is 0 Å². The van der Waals surface area contributed by atoms with Gasteiger partial charge < -0.3 is 10.3 Å². The molecule has 0 aliphatic heterocycles. The Balaban J connectivity index is 2.17. The van der Waals surface area contributed by atoms with Crippen molar-refractivity contribution in [3.63, 3.8) is 0 Å². The van der Waals surface area contributed by atoms with Gasteiger partial charge in [-0.25, -0.2) is 8.42 Å². The molecule has 25 heavy (non-hydrogen) atoms. The molecule has 0 unspecified atom stereocenters. The lowest BCUT2D eigenvalue weighted by molar-refractivity contribution is 0.492. The van der Waals surface area contributed by atoms with Crippen LogP contribution in [0.15, 0.2) is 75.3 Å². The first-order chi connectivity index (χ1) is 11.9. The van der Waals surface area contributed by atoms with E-state index in [1.54, 1.807) is 48.7 Å². The van der Waals surface area contributed by atoms with Crippen LogP contribution in [0, 0.1) is 0 Å². The van der Waals surface area contributed by atoms with Crippen molar-refractivity contribution in [1.82, 2.24) is 0 Å². The molecule has 0 amide bonds. The van der Waals surface area contributed by atoms with Gasteiger partial charge in [0.2, 0.25) is 5.55 Å². The lowest BCUT2D eigenvalue weighted by Gasteiger charge is -2.10. The summed E-state index contributed by atoms with van der Waals surface area (Å²) < 4.78 is 28.7. The molecule has 2 N–H and O–H groups in total. The summed E-state index contributed by atoms with van der Waals surface area (Å²) >= 11 is 5.96. The van der Waals surface area contributed by atoms with E-state index >= 15 is 0 Å². The number of nitrogens with two attached hydrogens (primary N) is 1. The van der Waals surface area contributed by atoms with Gasteiger partial charge >= 0.3 is 0 Å². The van der Waals surface area contributed by atoms with E-state index in [1.165, 1.54) is 6.26 Å². The summed E-state index contributed by atoms with van der Waals surface area (Å²) in [6.07, 6.45) is 2.72. The first-order valence-corrected chi connectivity index (χ1v) is 9.58. The Bertz CT molecular complexity index is 1070. The van der Waals surface area contributed by atoms with Crippen LogP contribution in [0.25, 0.3) is 22.3 Å². The predicted molar refractivity (Wildman–Crippen MR) is 97.5 cm³/mol. The van der Waals surface area contributed by atoms with E-state index in [1.807, 2.05) is 12.1 Å². The maximum absolute atomic E-state index is 11.6. The lowest BCUT2D eigenvalue weighted by atomic mass is 9.97. The second kappa shape index (κ2) is 6.74. The second-order valence-corrected chi connectivity index (χ2v) is 7.93. The summed E-state index contributed by atoms with van der Waals surface area (Å²) in [5.74, 6) is 5.32.